The van der Waals surface area contributed by atoms with Gasteiger partial charge >= 0.3 is 23.9 Å². The highest BCUT2D eigenvalue weighted by Crippen LogP contribution is 2.68. The van der Waals surface area contributed by atoms with Crippen molar-refractivity contribution in [2.45, 2.75) is 96.7 Å². The first-order valence-electron chi connectivity index (χ1n) is 11.7. The Balaban J connectivity index is 1.86. The highest BCUT2D eigenvalue weighted by Gasteiger charge is 2.77. The number of carbonyl (C=O) groups is 1. The Labute approximate surface area is 195 Å². The van der Waals surface area contributed by atoms with E-state index in [-0.39, 0.29) is 11.8 Å². The maximum atomic E-state index is 13.1. The molecule has 0 aliphatic heterocycles. The molecule has 0 spiro atoms. The molecule has 2 N–H and O–H groups in total. The van der Waals surface area contributed by atoms with E-state index >= 15 is 0 Å². The van der Waals surface area contributed by atoms with Crippen LogP contribution in [-0.2, 0) is 14.4 Å². The lowest BCUT2D eigenvalue weighted by Crippen LogP contribution is -2.64. The van der Waals surface area contributed by atoms with Crippen LogP contribution in [0.2, 0.25) is 0 Å². The number of hydrogen-bond donors (Lipinski definition) is 2. The van der Waals surface area contributed by atoms with Crippen molar-refractivity contribution in [3.63, 3.8) is 0 Å². The van der Waals surface area contributed by atoms with Crippen LogP contribution in [0.3, 0.4) is 0 Å². The van der Waals surface area contributed by atoms with Gasteiger partial charge in [0.15, 0.2) is 0 Å². The molecule has 0 aromatic carbocycles. The summed E-state index contributed by atoms with van der Waals surface area (Å²) in [6.07, 6.45) is -7.39. The van der Waals surface area contributed by atoms with Gasteiger partial charge in [-0.3, -0.25) is 5.26 Å². The van der Waals surface area contributed by atoms with Crippen LogP contribution in [0.1, 0.15) is 72.6 Å². The summed E-state index contributed by atoms with van der Waals surface area (Å²) >= 11 is 0. The van der Waals surface area contributed by atoms with Crippen molar-refractivity contribution < 1.29 is 51.1 Å². The number of halogens is 6. The van der Waals surface area contributed by atoms with Crippen molar-refractivity contribution in [1.29, 1.82) is 0 Å². The van der Waals surface area contributed by atoms with Gasteiger partial charge in [-0.2, -0.15) is 26.3 Å². The summed E-state index contributed by atoms with van der Waals surface area (Å²) in [5.41, 5.74) is -7.91. The molecule has 0 radical (unpaired) electrons. The Morgan fingerprint density at radius 3 is 1.68 bits per heavy atom. The van der Waals surface area contributed by atoms with Crippen LogP contribution in [0, 0.1) is 34.0 Å². The van der Waals surface area contributed by atoms with E-state index in [9.17, 15) is 41.5 Å². The number of esters is 1. The molecule has 2 unspecified atom stereocenters. The molecule has 0 aromatic heterocycles. The highest BCUT2D eigenvalue weighted by molar-refractivity contribution is 5.81. The van der Waals surface area contributed by atoms with E-state index in [4.69, 9.17) is 4.89 Å². The molecule has 2 atom stereocenters. The Kier molecular flexibility index (Phi) is 6.88. The number of alkyl halides is 6. The summed E-state index contributed by atoms with van der Waals surface area (Å²) in [7, 11) is 0. The quantitative estimate of drug-likeness (QED) is 0.186. The van der Waals surface area contributed by atoms with Gasteiger partial charge in [0.2, 0.25) is 0 Å². The van der Waals surface area contributed by atoms with Gasteiger partial charge in [-0.25, -0.2) is 9.68 Å². The fourth-order valence-corrected chi connectivity index (χ4v) is 7.40. The average molecular weight is 505 g/mol. The number of carbonyl (C=O) groups excluding carboxylic acids is 1. The third-order valence-corrected chi connectivity index (χ3v) is 9.26. The average Bonchev–Trinajstić information content (AvgIpc) is 2.68. The fraction of sp³-hybridized carbons (Fsp3) is 0.957. The minimum Gasteiger partial charge on any atom is -0.462 e. The standard InChI is InChI=1S/C23H34F6O5/c1-5-19(4,12-33-17(30)21(31,22(24,25)26)23(27,28)29)16(34-32)18(2,3)20-9-13-6-14(10-20)8-15(7-13)11-20/h13-16,31-32H,5-12H2,1-4H3. The Bertz CT molecular complexity index is 728. The van der Waals surface area contributed by atoms with E-state index in [2.05, 4.69) is 4.74 Å². The number of aliphatic hydroxyl groups is 1. The summed E-state index contributed by atoms with van der Waals surface area (Å²) in [4.78, 5) is 16.9. The SMILES string of the molecule is CCC(C)(COC(=O)C(O)(C(F)(F)F)C(F)(F)F)C(OO)C(C)(C)C12CC3CC(CC(C3)C1)C2. The molecule has 4 aliphatic rings. The van der Waals surface area contributed by atoms with E-state index in [1.807, 2.05) is 13.8 Å². The zero-order valence-electron chi connectivity index (χ0n) is 19.9. The van der Waals surface area contributed by atoms with Crippen LogP contribution < -0.4 is 0 Å². The lowest BCUT2D eigenvalue weighted by Gasteiger charge is -2.64. The van der Waals surface area contributed by atoms with Crippen LogP contribution in [-0.4, -0.2) is 47.0 Å². The van der Waals surface area contributed by atoms with Gasteiger partial charge in [-0.1, -0.05) is 27.7 Å². The van der Waals surface area contributed by atoms with Crippen molar-refractivity contribution in [3.05, 3.63) is 0 Å². The second-order valence-electron chi connectivity index (χ2n) is 11.7. The second-order valence-corrected chi connectivity index (χ2v) is 11.7. The fourth-order valence-electron chi connectivity index (χ4n) is 7.40. The van der Waals surface area contributed by atoms with E-state index in [0.29, 0.717) is 17.8 Å². The summed E-state index contributed by atoms with van der Waals surface area (Å²) in [6.45, 7) is 6.01. The predicted molar refractivity (Wildman–Crippen MR) is 108 cm³/mol. The summed E-state index contributed by atoms with van der Waals surface area (Å²) in [5.74, 6) is -1.21. The van der Waals surface area contributed by atoms with Crippen molar-refractivity contribution in [2.24, 2.45) is 34.0 Å². The first kappa shape index (κ1) is 27.5. The van der Waals surface area contributed by atoms with Gasteiger partial charge in [0.1, 0.15) is 6.10 Å². The van der Waals surface area contributed by atoms with Gasteiger partial charge < -0.3 is 9.84 Å². The maximum Gasteiger partial charge on any atom is 0.437 e. The lowest BCUT2D eigenvalue weighted by atomic mass is 9.41. The third kappa shape index (κ3) is 4.13. The molecule has 0 aromatic rings. The highest BCUT2D eigenvalue weighted by atomic mass is 19.4. The topological polar surface area (TPSA) is 76.0 Å². The Hall–Kier alpha value is -1.07. The zero-order chi connectivity index (χ0) is 26.0. The van der Waals surface area contributed by atoms with Crippen LogP contribution in [0.15, 0.2) is 0 Å². The number of rotatable bonds is 8. The third-order valence-electron chi connectivity index (χ3n) is 9.26. The minimum atomic E-state index is -6.32. The molecule has 0 heterocycles. The monoisotopic (exact) mass is 504 g/mol. The molecule has 4 saturated carbocycles. The second kappa shape index (κ2) is 8.50. The van der Waals surface area contributed by atoms with E-state index in [1.54, 1.807) is 6.92 Å². The maximum absolute atomic E-state index is 13.1. The van der Waals surface area contributed by atoms with Crippen LogP contribution in [0.5, 0.6) is 0 Å². The predicted octanol–water partition coefficient (Wildman–Crippen LogP) is 5.90. The molecule has 0 saturated heterocycles. The summed E-state index contributed by atoms with van der Waals surface area (Å²) < 4.78 is 82.8. The first-order valence-corrected chi connectivity index (χ1v) is 11.7. The van der Waals surface area contributed by atoms with E-state index in [1.165, 1.54) is 6.92 Å². The molecule has 4 bridgehead atoms. The summed E-state index contributed by atoms with van der Waals surface area (Å²) in [5, 5.41) is 19.3. The molecule has 198 valence electrons. The number of hydrogen-bond acceptors (Lipinski definition) is 5. The lowest BCUT2D eigenvalue weighted by molar-refractivity contribution is -0.362. The van der Waals surface area contributed by atoms with Crippen molar-refractivity contribution >= 4 is 5.97 Å². The largest absolute Gasteiger partial charge is 0.462 e. The normalized spacial score (nSPS) is 32.4. The van der Waals surface area contributed by atoms with E-state index in [0.717, 1.165) is 38.5 Å². The molecule has 0 amide bonds. The van der Waals surface area contributed by atoms with Gasteiger partial charge in [-0.05, 0) is 68.1 Å². The first-order chi connectivity index (χ1) is 15.4. The van der Waals surface area contributed by atoms with Crippen molar-refractivity contribution in [2.75, 3.05) is 6.61 Å². The Morgan fingerprint density at radius 2 is 1.35 bits per heavy atom. The molecule has 4 rings (SSSR count). The Morgan fingerprint density at radius 1 is 0.941 bits per heavy atom. The van der Waals surface area contributed by atoms with Crippen molar-refractivity contribution in [1.82, 2.24) is 0 Å². The smallest absolute Gasteiger partial charge is 0.437 e. The van der Waals surface area contributed by atoms with Crippen LogP contribution in [0.25, 0.3) is 0 Å². The van der Waals surface area contributed by atoms with Gasteiger partial charge in [0.25, 0.3) is 0 Å². The van der Waals surface area contributed by atoms with Gasteiger partial charge in [0.05, 0.1) is 6.61 Å². The minimum absolute atomic E-state index is 0.123. The van der Waals surface area contributed by atoms with Crippen molar-refractivity contribution in [3.8, 4) is 0 Å². The molecular weight excluding hydrogens is 470 g/mol. The molecule has 11 heteroatoms. The molecule has 34 heavy (non-hydrogen) atoms. The van der Waals surface area contributed by atoms with Crippen LogP contribution >= 0.6 is 0 Å². The number of ether oxygens (including phenoxy) is 1. The van der Waals surface area contributed by atoms with Gasteiger partial charge in [0, 0.05) is 10.8 Å². The zero-order valence-corrected chi connectivity index (χ0v) is 19.9. The summed E-state index contributed by atoms with van der Waals surface area (Å²) in [6, 6.07) is 0. The van der Waals surface area contributed by atoms with E-state index < -0.39 is 47.5 Å². The van der Waals surface area contributed by atoms with Crippen LogP contribution in [0.4, 0.5) is 26.3 Å². The molecule has 4 aliphatic carbocycles. The van der Waals surface area contributed by atoms with Gasteiger partial charge in [-0.15, -0.1) is 0 Å². The molecule has 5 nitrogen and oxygen atoms in total. The molecular formula is C23H34F6O5. The molecule has 4 fully saturated rings.